The van der Waals surface area contributed by atoms with Gasteiger partial charge in [-0.1, -0.05) is 52.4 Å². The predicted molar refractivity (Wildman–Crippen MR) is 81.3 cm³/mol. The first kappa shape index (κ1) is 25.1. The van der Waals surface area contributed by atoms with Crippen LogP contribution < -0.4 is 9.41 Å². The van der Waals surface area contributed by atoms with E-state index >= 15 is 0 Å². The first-order valence-electron chi connectivity index (χ1n) is 7.28. The Hall–Kier alpha value is -0.908. The van der Waals surface area contributed by atoms with Crippen molar-refractivity contribution in [1.82, 2.24) is 0 Å². The van der Waals surface area contributed by atoms with E-state index in [0.717, 1.165) is 0 Å². The van der Waals surface area contributed by atoms with Crippen LogP contribution in [0.3, 0.4) is 0 Å². The van der Waals surface area contributed by atoms with Crippen molar-refractivity contribution in [2.45, 2.75) is 52.4 Å². The van der Waals surface area contributed by atoms with E-state index in [0.29, 0.717) is 0 Å². The standard InChI is InChI=1S/2C9H13.Cr.2FH/c2*1-2-3-6-9-7-4-5-8-9;;;/h2*4-5,7-8H,2-3,6H2,1H3;;2*1H/q2*-1;+4;;/p-2. The third kappa shape index (κ3) is 12.5. The molecule has 0 saturated carbocycles. The largest absolute Gasteiger partial charge is 4.00 e. The summed E-state index contributed by atoms with van der Waals surface area (Å²) in [6, 6.07) is 17.2. The van der Waals surface area contributed by atoms with Crippen LogP contribution in [0, 0.1) is 0 Å². The minimum absolute atomic E-state index is 0. The Bertz CT molecular complexity index is 328. The minimum atomic E-state index is 0. The molecule has 0 radical (unpaired) electrons. The molecule has 0 saturated heterocycles. The van der Waals surface area contributed by atoms with Gasteiger partial charge in [-0.15, -0.1) is 0 Å². The summed E-state index contributed by atoms with van der Waals surface area (Å²) in [5.74, 6) is 0. The van der Waals surface area contributed by atoms with Crippen molar-refractivity contribution in [2.75, 3.05) is 0 Å². The summed E-state index contributed by atoms with van der Waals surface area (Å²) in [6.07, 6.45) is 7.75. The van der Waals surface area contributed by atoms with E-state index in [1.54, 1.807) is 0 Å². The van der Waals surface area contributed by atoms with Crippen LogP contribution in [0.1, 0.15) is 50.7 Å². The summed E-state index contributed by atoms with van der Waals surface area (Å²) >= 11 is 0. The molecule has 0 aliphatic heterocycles. The summed E-state index contributed by atoms with van der Waals surface area (Å²) in [5, 5.41) is 0. The maximum atomic E-state index is 2.23. The van der Waals surface area contributed by atoms with Gasteiger partial charge in [0, 0.05) is 0 Å². The Morgan fingerprint density at radius 2 is 0.905 bits per heavy atom. The van der Waals surface area contributed by atoms with Gasteiger partial charge in [0.25, 0.3) is 0 Å². The first-order valence-corrected chi connectivity index (χ1v) is 7.28. The summed E-state index contributed by atoms with van der Waals surface area (Å²) < 4.78 is 0. The predicted octanol–water partition coefficient (Wildman–Crippen LogP) is -0.498. The van der Waals surface area contributed by atoms with Crippen LogP contribution in [0.15, 0.2) is 48.5 Å². The zero-order valence-corrected chi connectivity index (χ0v) is 14.3. The Kier molecular flexibility index (Phi) is 20.5. The second-order valence-corrected chi connectivity index (χ2v) is 4.79. The van der Waals surface area contributed by atoms with Crippen molar-refractivity contribution < 1.29 is 26.8 Å². The minimum Gasteiger partial charge on any atom is -1.00 e. The fourth-order valence-corrected chi connectivity index (χ4v) is 1.92. The molecule has 2 aromatic rings. The topological polar surface area (TPSA) is 0 Å². The maximum Gasteiger partial charge on any atom is 4.00 e. The number of rotatable bonds is 6. The second kappa shape index (κ2) is 17.1. The molecule has 0 fully saturated rings. The first-order chi connectivity index (χ1) is 8.86. The van der Waals surface area contributed by atoms with Crippen LogP contribution in [0.25, 0.3) is 0 Å². The van der Waals surface area contributed by atoms with Gasteiger partial charge in [-0.2, -0.15) is 35.4 Å². The maximum absolute atomic E-state index is 2.23. The van der Waals surface area contributed by atoms with Crippen molar-refractivity contribution >= 4 is 0 Å². The van der Waals surface area contributed by atoms with Gasteiger partial charge in [0.2, 0.25) is 0 Å². The molecule has 0 bridgehead atoms. The molecule has 0 heterocycles. The van der Waals surface area contributed by atoms with Gasteiger partial charge in [0.1, 0.15) is 0 Å². The smallest absolute Gasteiger partial charge is 1.00 e. The Labute approximate surface area is 139 Å². The van der Waals surface area contributed by atoms with Gasteiger partial charge in [-0.25, -0.2) is 24.3 Å². The molecule has 0 atom stereocenters. The molecule has 0 aliphatic rings. The number of halogens is 2. The third-order valence-corrected chi connectivity index (χ3v) is 3.10. The molecule has 0 unspecified atom stereocenters. The van der Waals surface area contributed by atoms with Crippen molar-refractivity contribution in [3.63, 3.8) is 0 Å². The molecular formula is C18H26CrF2. The SMILES string of the molecule is CCCC[c-]1cccc1.CCCC[c-]1cccc1.[Cr+4].[F-].[F-]. The van der Waals surface area contributed by atoms with Gasteiger partial charge < -0.3 is 9.41 Å². The quantitative estimate of drug-likeness (QED) is 0.626. The number of hydrogen-bond donors (Lipinski definition) is 0. The van der Waals surface area contributed by atoms with Crippen LogP contribution in [0.5, 0.6) is 0 Å². The van der Waals surface area contributed by atoms with Crippen LogP contribution in [-0.4, -0.2) is 0 Å². The molecule has 0 N–H and O–H groups in total. The molecule has 2 rings (SSSR count). The molecule has 2 aromatic carbocycles. The Morgan fingerprint density at radius 3 is 1.14 bits per heavy atom. The van der Waals surface area contributed by atoms with Crippen molar-refractivity contribution in [2.24, 2.45) is 0 Å². The van der Waals surface area contributed by atoms with Gasteiger partial charge in [-0.05, 0) is 0 Å². The zero-order valence-electron chi connectivity index (χ0n) is 13.0. The molecule has 3 heteroatoms. The fourth-order valence-electron chi connectivity index (χ4n) is 1.92. The number of unbranched alkanes of at least 4 members (excludes halogenated alkanes) is 2. The van der Waals surface area contributed by atoms with Gasteiger partial charge >= 0.3 is 17.4 Å². The van der Waals surface area contributed by atoms with Gasteiger partial charge in [-0.3, -0.25) is 0 Å². The third-order valence-electron chi connectivity index (χ3n) is 3.10. The zero-order chi connectivity index (χ0) is 13.1. The molecule has 0 aliphatic carbocycles. The van der Waals surface area contributed by atoms with E-state index < -0.39 is 0 Å². The van der Waals surface area contributed by atoms with E-state index in [2.05, 4.69) is 62.4 Å². The summed E-state index contributed by atoms with van der Waals surface area (Å²) in [7, 11) is 0. The van der Waals surface area contributed by atoms with Crippen molar-refractivity contribution in [3.05, 3.63) is 59.7 Å². The summed E-state index contributed by atoms with van der Waals surface area (Å²) in [4.78, 5) is 0. The van der Waals surface area contributed by atoms with E-state index in [-0.39, 0.29) is 26.8 Å². The normalized spacial score (nSPS) is 8.48. The summed E-state index contributed by atoms with van der Waals surface area (Å²) in [5.41, 5.74) is 2.97. The Morgan fingerprint density at radius 1 is 0.619 bits per heavy atom. The average molecular weight is 332 g/mol. The number of aryl methyl sites for hydroxylation is 2. The van der Waals surface area contributed by atoms with Gasteiger partial charge in [0.15, 0.2) is 0 Å². The molecule has 118 valence electrons. The molecule has 0 nitrogen and oxygen atoms in total. The molecule has 0 aromatic heterocycles. The van der Waals surface area contributed by atoms with Crippen molar-refractivity contribution in [1.29, 1.82) is 0 Å². The van der Waals surface area contributed by atoms with E-state index in [4.69, 9.17) is 0 Å². The molecule has 0 spiro atoms. The molecule has 0 amide bonds. The van der Waals surface area contributed by atoms with Crippen LogP contribution in [-0.2, 0) is 30.2 Å². The van der Waals surface area contributed by atoms with Crippen LogP contribution in [0.4, 0.5) is 0 Å². The summed E-state index contributed by atoms with van der Waals surface area (Å²) in [6.45, 7) is 4.45. The van der Waals surface area contributed by atoms with E-state index in [1.165, 1.54) is 49.7 Å². The van der Waals surface area contributed by atoms with Gasteiger partial charge in [0.05, 0.1) is 0 Å². The Balaban J connectivity index is -0.000000270. The average Bonchev–Trinajstić information content (AvgIpc) is 3.07. The fraction of sp³-hybridized carbons (Fsp3) is 0.444. The van der Waals surface area contributed by atoms with E-state index in [9.17, 15) is 0 Å². The second-order valence-electron chi connectivity index (χ2n) is 4.79. The van der Waals surface area contributed by atoms with Crippen molar-refractivity contribution in [3.8, 4) is 0 Å². The van der Waals surface area contributed by atoms with E-state index in [1.807, 2.05) is 0 Å². The monoisotopic (exact) mass is 332 g/mol. The van der Waals surface area contributed by atoms with Crippen LogP contribution in [0.2, 0.25) is 0 Å². The molecule has 21 heavy (non-hydrogen) atoms. The molecular weight excluding hydrogens is 306 g/mol. The number of hydrogen-bond acceptors (Lipinski definition) is 0. The van der Waals surface area contributed by atoms with Crippen LogP contribution >= 0.6 is 0 Å².